The lowest BCUT2D eigenvalue weighted by atomic mass is 9.90. The summed E-state index contributed by atoms with van der Waals surface area (Å²) in [4.78, 5) is 14.3. The van der Waals surface area contributed by atoms with Crippen molar-refractivity contribution in [3.8, 4) is 28.2 Å². The monoisotopic (exact) mass is 987 g/mol. The fourth-order valence-corrected chi connectivity index (χ4v) is 9.34. The zero-order chi connectivity index (χ0) is 49.1. The Morgan fingerprint density at radius 2 is 1.35 bits per heavy atom. The van der Waals surface area contributed by atoms with Crippen LogP contribution in [-0.4, -0.2) is 84.4 Å². The zero-order valence-electron chi connectivity index (χ0n) is 34.3. The van der Waals surface area contributed by atoms with E-state index in [0.29, 0.717) is 21.8 Å². The highest BCUT2D eigenvalue weighted by molar-refractivity contribution is 8.13. The van der Waals surface area contributed by atoms with Crippen molar-refractivity contribution in [3.05, 3.63) is 112 Å². The molecular formula is C40H38F9N3O10S3. The van der Waals surface area contributed by atoms with Gasteiger partial charge in [0.05, 0.1) is 11.6 Å². The van der Waals surface area contributed by atoms with Gasteiger partial charge < -0.3 is 22.7 Å². The minimum Gasteiger partial charge on any atom is -0.478 e. The summed E-state index contributed by atoms with van der Waals surface area (Å²) in [6.45, 7) is 15.4. The summed E-state index contributed by atoms with van der Waals surface area (Å²) < 4.78 is 198. The molecule has 1 aliphatic heterocycles. The summed E-state index contributed by atoms with van der Waals surface area (Å²) in [6.07, 6.45) is 1.14. The van der Waals surface area contributed by atoms with Gasteiger partial charge in [-0.05, 0) is 75.2 Å². The van der Waals surface area contributed by atoms with E-state index < -0.39 is 63.8 Å². The molecule has 5 rings (SSSR count). The minimum atomic E-state index is -7.96. The number of halogens is 9. The second-order valence-electron chi connectivity index (χ2n) is 13.4. The van der Waals surface area contributed by atoms with Crippen LogP contribution in [0, 0.1) is 0 Å². The Labute approximate surface area is 366 Å². The van der Waals surface area contributed by atoms with Crippen molar-refractivity contribution < 1.29 is 83.3 Å². The maximum atomic E-state index is 13.9. The Morgan fingerprint density at radius 1 is 0.769 bits per heavy atom. The van der Waals surface area contributed by atoms with E-state index in [1.165, 1.54) is 0 Å². The molecule has 3 aromatic carbocycles. The van der Waals surface area contributed by atoms with Crippen molar-refractivity contribution in [1.82, 2.24) is 4.58 Å². The summed E-state index contributed by atoms with van der Waals surface area (Å²) in [5.74, 6) is -8.92. The summed E-state index contributed by atoms with van der Waals surface area (Å²) in [5, 5.41) is -2.72. The van der Waals surface area contributed by atoms with Gasteiger partial charge in [0.1, 0.15) is 30.2 Å². The van der Waals surface area contributed by atoms with Crippen LogP contribution < -0.4 is 19.0 Å². The van der Waals surface area contributed by atoms with Crippen LogP contribution in [0.15, 0.2) is 95.9 Å². The first-order valence-electron chi connectivity index (χ1n) is 18.7. The molecule has 0 fully saturated rings. The molecule has 3 aromatic rings. The highest BCUT2D eigenvalue weighted by Crippen LogP contribution is 2.53. The molecule has 0 amide bonds. The van der Waals surface area contributed by atoms with Crippen LogP contribution >= 0.6 is 0 Å². The number of benzene rings is 4. The number of carboxylic acid groups (broad SMARTS) is 1. The lowest BCUT2D eigenvalue weighted by Crippen LogP contribution is -2.61. The van der Waals surface area contributed by atoms with Crippen molar-refractivity contribution >= 4 is 58.9 Å². The standard InChI is InChI=1S/C28H30N2O3.C12H7F9NO7S3/c1-5-29(6-2)19-13-15-23-25(17-19)33-26-18-20(30(7-3)8-4)14-16-24(26)27(23)21-11-9-10-12-22(21)28(31)32;1-2-7-3-5-8(6-4-7)29-32(27,28)11(17,18)9(13,14)10(15,16)30(23,24)22-31(25,26)12(19,20)21/h9-18H,5-8H2,1-4H3;2-6H,1H2/q;-1/p+1. The van der Waals surface area contributed by atoms with E-state index in [1.807, 2.05) is 12.1 Å². The van der Waals surface area contributed by atoms with Crippen molar-refractivity contribution in [2.75, 3.05) is 31.1 Å². The van der Waals surface area contributed by atoms with Gasteiger partial charge in [-0.3, -0.25) is 0 Å². The quantitative estimate of drug-likeness (QED) is 0.0431. The van der Waals surface area contributed by atoms with E-state index >= 15 is 0 Å². The van der Waals surface area contributed by atoms with E-state index in [1.54, 1.807) is 12.1 Å². The molecule has 13 nitrogen and oxygen atoms in total. The number of carboxylic acids is 1. The van der Waals surface area contributed by atoms with E-state index in [4.69, 9.17) is 4.42 Å². The molecule has 25 heteroatoms. The average Bonchev–Trinajstić information content (AvgIpc) is 3.23. The summed E-state index contributed by atoms with van der Waals surface area (Å²) in [5.41, 5.74) is -1.87. The average molecular weight is 988 g/mol. The van der Waals surface area contributed by atoms with Gasteiger partial charge in [-0.25, -0.2) is 26.2 Å². The molecule has 0 spiro atoms. The summed E-state index contributed by atoms with van der Waals surface area (Å²) >= 11 is 0. The Bertz CT molecular complexity index is 2950. The Kier molecular flexibility index (Phi) is 15.2. The number of aromatic carboxylic acids is 1. The molecule has 0 atom stereocenters. The van der Waals surface area contributed by atoms with Crippen molar-refractivity contribution in [2.24, 2.45) is 0 Å². The van der Waals surface area contributed by atoms with Gasteiger partial charge in [-0.2, -0.15) is 47.9 Å². The zero-order valence-corrected chi connectivity index (χ0v) is 36.7. The first kappa shape index (κ1) is 52.0. The Balaban J connectivity index is 0.000000285. The first-order valence-corrected chi connectivity index (χ1v) is 23.0. The molecule has 1 N–H and O–H groups in total. The molecule has 1 heterocycles. The third kappa shape index (κ3) is 10.1. The van der Waals surface area contributed by atoms with E-state index in [2.05, 4.69) is 84.3 Å². The number of carbonyl (C=O) groups is 1. The van der Waals surface area contributed by atoms with Gasteiger partial charge in [0.2, 0.25) is 5.36 Å². The normalized spacial score (nSPS) is 12.9. The SMILES string of the molecule is C=Cc1ccc(OS(=O)(=O)C(F)(F)C(F)(F)C(F)(F)S(=O)(=O)[N-]S(=O)(=O)C(F)(F)F)cc1.CCN(CC)c1ccc2c(-c3ccccc3C(=O)O)c3ccc(=[N+](CC)CC)cc-3oc2c1. The topological polar surface area (TPSA) is 182 Å². The van der Waals surface area contributed by atoms with Gasteiger partial charge in [0, 0.05) is 47.4 Å². The highest BCUT2D eigenvalue weighted by Gasteiger charge is 2.81. The van der Waals surface area contributed by atoms with Gasteiger partial charge in [-0.15, -0.1) is 0 Å². The molecule has 0 radical (unpaired) electrons. The summed E-state index contributed by atoms with van der Waals surface area (Å²) in [6, 6.07) is 22.6. The third-order valence-electron chi connectivity index (χ3n) is 9.55. The van der Waals surface area contributed by atoms with Crippen molar-refractivity contribution in [2.45, 2.75) is 49.6 Å². The van der Waals surface area contributed by atoms with Crippen LogP contribution in [-0.2, 0) is 30.2 Å². The lowest BCUT2D eigenvalue weighted by molar-refractivity contribution is -0.245. The number of sulfonamides is 2. The van der Waals surface area contributed by atoms with Gasteiger partial charge in [-0.1, -0.05) is 43.0 Å². The lowest BCUT2D eigenvalue weighted by Gasteiger charge is -2.35. The number of hydrogen-bond donors (Lipinski definition) is 1. The Morgan fingerprint density at radius 3 is 1.88 bits per heavy atom. The largest absolute Gasteiger partial charge is 0.480 e. The number of nitrogens with zero attached hydrogens (tertiary/aromatic N) is 3. The fraction of sp³-hybridized carbons (Fsp3) is 0.300. The molecule has 65 heavy (non-hydrogen) atoms. The van der Waals surface area contributed by atoms with E-state index in [9.17, 15) is 74.7 Å². The molecule has 354 valence electrons. The number of fused-ring (bicyclic) bond motifs is 2. The summed E-state index contributed by atoms with van der Waals surface area (Å²) in [7, 11) is -22.6. The smallest absolute Gasteiger partial charge is 0.478 e. The molecule has 0 unspecified atom stereocenters. The van der Waals surface area contributed by atoms with Crippen molar-refractivity contribution in [1.29, 1.82) is 0 Å². The van der Waals surface area contributed by atoms with E-state index in [-0.39, 0.29) is 11.1 Å². The molecule has 0 aromatic heterocycles. The maximum absolute atomic E-state index is 13.9. The van der Waals surface area contributed by atoms with Crippen LogP contribution in [0.4, 0.5) is 45.2 Å². The predicted octanol–water partition coefficient (Wildman–Crippen LogP) is 8.97. The second kappa shape index (κ2) is 19.1. The Hall–Kier alpha value is -5.66. The molecule has 0 saturated carbocycles. The highest BCUT2D eigenvalue weighted by atomic mass is 32.3. The minimum absolute atomic E-state index is 0.219. The molecule has 1 aliphatic carbocycles. The van der Waals surface area contributed by atoms with Crippen LogP contribution in [0.1, 0.15) is 43.6 Å². The number of alkyl halides is 9. The van der Waals surface area contributed by atoms with E-state index in [0.717, 1.165) is 83.3 Å². The molecule has 0 bridgehead atoms. The number of rotatable bonds is 16. The van der Waals surface area contributed by atoms with Gasteiger partial charge in [0.15, 0.2) is 20.0 Å². The molecule has 0 saturated heterocycles. The van der Waals surface area contributed by atoms with Crippen LogP contribution in [0.25, 0.3) is 43.6 Å². The second-order valence-corrected chi connectivity index (χ2v) is 18.5. The van der Waals surface area contributed by atoms with Crippen LogP contribution in [0.2, 0.25) is 0 Å². The maximum Gasteiger partial charge on any atom is 0.480 e. The molecule has 2 aliphatic rings. The fourth-order valence-electron chi connectivity index (χ4n) is 6.16. The third-order valence-corrected chi connectivity index (χ3v) is 13.9. The van der Waals surface area contributed by atoms with Crippen LogP contribution in [0.5, 0.6) is 5.75 Å². The first-order chi connectivity index (χ1) is 30.0. The predicted molar refractivity (Wildman–Crippen MR) is 223 cm³/mol. The number of hydrogen-bond acceptors (Lipinski definition) is 10. The van der Waals surface area contributed by atoms with Gasteiger partial charge >= 0.3 is 38.0 Å². The number of anilines is 1. The van der Waals surface area contributed by atoms with Crippen molar-refractivity contribution in [3.63, 3.8) is 0 Å². The van der Waals surface area contributed by atoms with Crippen LogP contribution in [0.3, 0.4) is 0 Å². The van der Waals surface area contributed by atoms with Gasteiger partial charge in [0.25, 0.3) is 0 Å². The molecular weight excluding hydrogens is 950 g/mol.